The molecule has 2 rings (SSSR count). The predicted octanol–water partition coefficient (Wildman–Crippen LogP) is 4.12. The Hall–Kier alpha value is -0.650. The molecule has 0 saturated heterocycles. The fraction of sp³-hybridized carbons (Fsp3) is 0.357. The lowest BCUT2D eigenvalue weighted by molar-refractivity contribution is 0.725. The van der Waals surface area contributed by atoms with Gasteiger partial charge in [-0.1, -0.05) is 13.0 Å². The lowest BCUT2D eigenvalue weighted by Crippen LogP contribution is -2.12. The minimum Gasteiger partial charge on any atom is -0.313 e. The van der Waals surface area contributed by atoms with E-state index in [1.54, 1.807) is 0 Å². The molecule has 102 valence electrons. The minimum absolute atomic E-state index is 0.885. The maximum Gasteiger partial charge on any atom is 0.0791 e. The summed E-state index contributed by atoms with van der Waals surface area (Å²) >= 11 is 7.20. The summed E-state index contributed by atoms with van der Waals surface area (Å²) < 4.78 is 4.08. The van der Waals surface area contributed by atoms with Gasteiger partial charge in [0.1, 0.15) is 0 Å². The van der Waals surface area contributed by atoms with Crippen LogP contribution in [0, 0.1) is 13.8 Å². The number of aromatic nitrogens is 2. The van der Waals surface area contributed by atoms with Gasteiger partial charge in [-0.2, -0.15) is 5.10 Å². The van der Waals surface area contributed by atoms with Gasteiger partial charge in [0.15, 0.2) is 0 Å². The average Bonchev–Trinajstić information content (AvgIpc) is 2.64. The van der Waals surface area contributed by atoms with Crippen LogP contribution in [0.25, 0.3) is 5.69 Å². The van der Waals surface area contributed by atoms with Crippen molar-refractivity contribution in [3.8, 4) is 5.69 Å². The van der Waals surface area contributed by atoms with Gasteiger partial charge in [0.2, 0.25) is 0 Å². The minimum atomic E-state index is 0.885. The molecule has 0 spiro atoms. The highest BCUT2D eigenvalue weighted by Gasteiger charge is 2.12. The van der Waals surface area contributed by atoms with Crippen molar-refractivity contribution in [1.82, 2.24) is 15.1 Å². The molecule has 0 aliphatic heterocycles. The van der Waals surface area contributed by atoms with Gasteiger partial charge in [-0.05, 0) is 69.9 Å². The fourth-order valence-electron chi connectivity index (χ4n) is 1.96. The van der Waals surface area contributed by atoms with E-state index in [1.165, 1.54) is 5.56 Å². The number of hydrogen-bond acceptors (Lipinski definition) is 2. The van der Waals surface area contributed by atoms with Crippen molar-refractivity contribution in [2.24, 2.45) is 0 Å². The van der Waals surface area contributed by atoms with Crippen LogP contribution in [-0.4, -0.2) is 16.3 Å². The van der Waals surface area contributed by atoms with Gasteiger partial charge in [-0.25, -0.2) is 4.68 Å². The van der Waals surface area contributed by atoms with E-state index in [-0.39, 0.29) is 0 Å². The molecule has 0 unspecified atom stereocenters. The Labute approximate surface area is 130 Å². The molecule has 1 aromatic heterocycles. The Morgan fingerprint density at radius 2 is 2.00 bits per heavy atom. The van der Waals surface area contributed by atoms with E-state index in [1.807, 2.05) is 11.6 Å². The molecule has 2 aromatic rings. The number of rotatable bonds is 4. The van der Waals surface area contributed by atoms with Crippen LogP contribution in [0.3, 0.4) is 0 Å². The third-order valence-electron chi connectivity index (χ3n) is 3.02. The topological polar surface area (TPSA) is 29.9 Å². The van der Waals surface area contributed by atoms with Crippen molar-refractivity contribution in [3.05, 3.63) is 44.1 Å². The third-order valence-corrected chi connectivity index (χ3v) is 4.81. The highest BCUT2D eigenvalue weighted by Crippen LogP contribution is 2.27. The second kappa shape index (κ2) is 6.20. The zero-order chi connectivity index (χ0) is 14.0. The maximum atomic E-state index is 4.56. The molecule has 1 N–H and O–H groups in total. The summed E-state index contributed by atoms with van der Waals surface area (Å²) in [6.07, 6.45) is 0. The van der Waals surface area contributed by atoms with Crippen molar-refractivity contribution in [1.29, 1.82) is 0 Å². The second-order valence-electron chi connectivity index (χ2n) is 4.46. The Morgan fingerprint density at radius 3 is 2.53 bits per heavy atom. The summed E-state index contributed by atoms with van der Waals surface area (Å²) in [5, 5.41) is 7.88. The van der Waals surface area contributed by atoms with E-state index >= 15 is 0 Å². The molecule has 0 fully saturated rings. The predicted molar refractivity (Wildman–Crippen MR) is 85.8 cm³/mol. The number of benzene rings is 1. The van der Waals surface area contributed by atoms with Crippen LogP contribution in [0.2, 0.25) is 0 Å². The Bertz CT molecular complexity index is 591. The zero-order valence-electron chi connectivity index (χ0n) is 11.3. The molecule has 3 nitrogen and oxygen atoms in total. The van der Waals surface area contributed by atoms with Crippen LogP contribution in [0.1, 0.15) is 23.9 Å². The Balaban J connectivity index is 2.37. The van der Waals surface area contributed by atoms with Crippen molar-refractivity contribution >= 4 is 31.9 Å². The van der Waals surface area contributed by atoms with Gasteiger partial charge < -0.3 is 5.32 Å². The number of nitrogens with one attached hydrogen (secondary N) is 1. The summed E-state index contributed by atoms with van der Waals surface area (Å²) in [6, 6.07) is 6.37. The van der Waals surface area contributed by atoms with Crippen LogP contribution in [0.4, 0.5) is 0 Å². The third kappa shape index (κ3) is 3.09. The first-order chi connectivity index (χ1) is 9.04. The summed E-state index contributed by atoms with van der Waals surface area (Å²) in [7, 11) is 0. The Kier molecular flexibility index (Phi) is 4.81. The molecule has 0 aliphatic rings. The monoisotopic (exact) mass is 385 g/mol. The largest absolute Gasteiger partial charge is 0.313 e. The first-order valence-electron chi connectivity index (χ1n) is 6.25. The number of nitrogens with zero attached hydrogens (tertiary/aromatic N) is 2. The Morgan fingerprint density at radius 1 is 1.26 bits per heavy atom. The molecule has 5 heteroatoms. The van der Waals surface area contributed by atoms with Gasteiger partial charge in [-0.3, -0.25) is 0 Å². The lowest BCUT2D eigenvalue weighted by Gasteiger charge is -2.09. The summed E-state index contributed by atoms with van der Waals surface area (Å²) in [5.74, 6) is 0. The molecule has 0 bridgehead atoms. The SMILES string of the molecule is CCNCc1ccc(-n2nc(C)c(Br)c2C)c(Br)c1. The highest BCUT2D eigenvalue weighted by molar-refractivity contribution is 9.11. The summed E-state index contributed by atoms with van der Waals surface area (Å²) in [4.78, 5) is 0. The van der Waals surface area contributed by atoms with Crippen LogP contribution < -0.4 is 5.32 Å². The highest BCUT2D eigenvalue weighted by atomic mass is 79.9. The van der Waals surface area contributed by atoms with E-state index < -0.39 is 0 Å². The smallest absolute Gasteiger partial charge is 0.0791 e. The molecule has 0 amide bonds. The standard InChI is InChI=1S/C14H17Br2N3/c1-4-17-8-11-5-6-13(12(15)7-11)19-10(3)14(16)9(2)18-19/h5-7,17H,4,8H2,1-3H3. The van der Waals surface area contributed by atoms with Crippen LogP contribution in [-0.2, 0) is 6.54 Å². The van der Waals surface area contributed by atoms with E-state index in [9.17, 15) is 0 Å². The molecule has 0 aliphatic carbocycles. The fourth-order valence-corrected chi connectivity index (χ4v) is 2.80. The van der Waals surface area contributed by atoms with Gasteiger partial charge >= 0.3 is 0 Å². The maximum absolute atomic E-state index is 4.56. The molecule has 0 saturated carbocycles. The molecule has 1 aromatic carbocycles. The van der Waals surface area contributed by atoms with Gasteiger partial charge in [0.05, 0.1) is 21.5 Å². The van der Waals surface area contributed by atoms with Gasteiger partial charge in [-0.15, -0.1) is 0 Å². The van der Waals surface area contributed by atoms with E-state index in [2.05, 4.69) is 74.3 Å². The molecular weight excluding hydrogens is 370 g/mol. The number of aryl methyl sites for hydroxylation is 1. The van der Waals surface area contributed by atoms with E-state index in [0.29, 0.717) is 0 Å². The summed E-state index contributed by atoms with van der Waals surface area (Å²) in [6.45, 7) is 8.03. The molecule has 19 heavy (non-hydrogen) atoms. The summed E-state index contributed by atoms with van der Waals surface area (Å²) in [5.41, 5.74) is 4.43. The molecule has 1 heterocycles. The van der Waals surface area contributed by atoms with Crippen LogP contribution >= 0.6 is 31.9 Å². The zero-order valence-corrected chi connectivity index (χ0v) is 14.5. The molecule has 0 atom stereocenters. The second-order valence-corrected chi connectivity index (χ2v) is 6.11. The van der Waals surface area contributed by atoms with E-state index in [0.717, 1.165) is 39.1 Å². The van der Waals surface area contributed by atoms with Crippen molar-refractivity contribution in [2.45, 2.75) is 27.3 Å². The average molecular weight is 387 g/mol. The van der Waals surface area contributed by atoms with Crippen LogP contribution in [0.15, 0.2) is 27.1 Å². The van der Waals surface area contributed by atoms with Crippen molar-refractivity contribution in [3.63, 3.8) is 0 Å². The first-order valence-corrected chi connectivity index (χ1v) is 7.84. The van der Waals surface area contributed by atoms with Gasteiger partial charge in [0.25, 0.3) is 0 Å². The first kappa shape index (κ1) is 14.8. The quantitative estimate of drug-likeness (QED) is 0.856. The van der Waals surface area contributed by atoms with Crippen molar-refractivity contribution in [2.75, 3.05) is 6.54 Å². The lowest BCUT2D eigenvalue weighted by atomic mass is 10.2. The number of hydrogen-bond donors (Lipinski definition) is 1. The molecule has 0 radical (unpaired) electrons. The van der Waals surface area contributed by atoms with Crippen LogP contribution in [0.5, 0.6) is 0 Å². The number of halogens is 2. The van der Waals surface area contributed by atoms with E-state index in [4.69, 9.17) is 0 Å². The molecular formula is C14H17Br2N3. The van der Waals surface area contributed by atoms with Crippen molar-refractivity contribution < 1.29 is 0 Å². The van der Waals surface area contributed by atoms with Gasteiger partial charge in [0, 0.05) is 11.0 Å². The normalized spacial score (nSPS) is 11.0.